The fraction of sp³-hybridized carbons (Fsp3) is 0.120. The van der Waals surface area contributed by atoms with Crippen LogP contribution in [0.4, 0.5) is 17.3 Å². The molecule has 4 rings (SSSR count). The molecule has 0 atom stereocenters. The fourth-order valence-corrected chi connectivity index (χ4v) is 3.08. The molecule has 0 saturated heterocycles. The number of hydrogen-bond acceptors (Lipinski definition) is 6. The molecule has 0 aliphatic heterocycles. The molecule has 2 N–H and O–H groups in total. The molecular weight excluding hydrogens is 402 g/mol. The first-order valence-electron chi connectivity index (χ1n) is 10.2. The highest BCUT2D eigenvalue weighted by Gasteiger charge is 2.08. The van der Waals surface area contributed by atoms with Crippen molar-refractivity contribution in [1.29, 1.82) is 0 Å². The van der Waals surface area contributed by atoms with Crippen molar-refractivity contribution in [2.24, 2.45) is 0 Å². The van der Waals surface area contributed by atoms with E-state index in [1.165, 1.54) is 0 Å². The summed E-state index contributed by atoms with van der Waals surface area (Å²) in [5.74, 6) is 0.245. The minimum atomic E-state index is -0.217. The van der Waals surface area contributed by atoms with Gasteiger partial charge in [-0.2, -0.15) is 0 Å². The quantitative estimate of drug-likeness (QED) is 0.424. The average molecular weight is 425 g/mol. The summed E-state index contributed by atoms with van der Waals surface area (Å²) in [6, 6.07) is 21.0. The van der Waals surface area contributed by atoms with Gasteiger partial charge in [-0.05, 0) is 48.4 Å². The maximum Gasteiger partial charge on any atom is 0.250 e. The van der Waals surface area contributed by atoms with Crippen LogP contribution >= 0.6 is 0 Å². The van der Waals surface area contributed by atoms with Gasteiger partial charge < -0.3 is 15.4 Å². The van der Waals surface area contributed by atoms with Crippen LogP contribution in [0.5, 0.6) is 0 Å². The van der Waals surface area contributed by atoms with Gasteiger partial charge in [0.2, 0.25) is 11.9 Å². The van der Waals surface area contributed by atoms with Crippen LogP contribution in [0.2, 0.25) is 0 Å². The average Bonchev–Trinajstić information content (AvgIpc) is 2.83. The predicted octanol–water partition coefficient (Wildman–Crippen LogP) is 4.75. The van der Waals surface area contributed by atoms with Crippen molar-refractivity contribution in [3.05, 3.63) is 96.4 Å². The second-order valence-electron chi connectivity index (χ2n) is 7.19. The topological polar surface area (TPSA) is 89.0 Å². The summed E-state index contributed by atoms with van der Waals surface area (Å²) in [7, 11) is 0. The first kappa shape index (κ1) is 21.1. The number of ether oxygens (including phenoxy) is 1. The molecule has 0 bridgehead atoms. The predicted molar refractivity (Wildman–Crippen MR) is 124 cm³/mol. The van der Waals surface area contributed by atoms with Crippen LogP contribution in [0.1, 0.15) is 11.1 Å². The summed E-state index contributed by atoms with van der Waals surface area (Å²) in [6.07, 6.45) is 5.18. The Morgan fingerprint density at radius 2 is 1.88 bits per heavy atom. The Morgan fingerprint density at radius 1 is 1.00 bits per heavy atom. The highest BCUT2D eigenvalue weighted by Crippen LogP contribution is 2.24. The lowest BCUT2D eigenvalue weighted by molar-refractivity contribution is -0.121. The molecule has 7 nitrogen and oxygen atoms in total. The summed E-state index contributed by atoms with van der Waals surface area (Å²) in [5.41, 5.74) is 5.17. The summed E-state index contributed by atoms with van der Waals surface area (Å²) < 4.78 is 5.51. The van der Waals surface area contributed by atoms with Crippen LogP contribution < -0.4 is 10.6 Å². The minimum absolute atomic E-state index is 0.0260. The second kappa shape index (κ2) is 10.3. The number of rotatable bonds is 8. The monoisotopic (exact) mass is 425 g/mol. The van der Waals surface area contributed by atoms with Gasteiger partial charge in [-0.25, -0.2) is 9.97 Å². The van der Waals surface area contributed by atoms with Crippen molar-refractivity contribution < 1.29 is 9.53 Å². The van der Waals surface area contributed by atoms with E-state index < -0.39 is 0 Å². The van der Waals surface area contributed by atoms with Gasteiger partial charge in [0.1, 0.15) is 6.61 Å². The van der Waals surface area contributed by atoms with Gasteiger partial charge in [-0.15, -0.1) is 0 Å². The molecule has 4 aromatic rings. The third-order valence-electron chi connectivity index (χ3n) is 4.73. The molecule has 2 aromatic carbocycles. The maximum absolute atomic E-state index is 12.3. The van der Waals surface area contributed by atoms with E-state index in [1.54, 1.807) is 18.6 Å². The van der Waals surface area contributed by atoms with Crippen LogP contribution in [0.15, 0.2) is 85.3 Å². The smallest absolute Gasteiger partial charge is 0.250 e. The Kier molecular flexibility index (Phi) is 6.79. The van der Waals surface area contributed by atoms with E-state index >= 15 is 0 Å². The number of aromatic nitrogens is 3. The largest absolute Gasteiger partial charge is 0.367 e. The molecule has 32 heavy (non-hydrogen) atoms. The zero-order chi connectivity index (χ0) is 22.2. The number of pyridine rings is 1. The summed E-state index contributed by atoms with van der Waals surface area (Å²) in [6.45, 7) is 2.34. The third kappa shape index (κ3) is 5.74. The summed E-state index contributed by atoms with van der Waals surface area (Å²) >= 11 is 0. The Morgan fingerprint density at radius 3 is 2.69 bits per heavy atom. The number of benzene rings is 2. The Labute approximate surface area is 186 Å². The van der Waals surface area contributed by atoms with Crippen molar-refractivity contribution in [3.63, 3.8) is 0 Å². The van der Waals surface area contributed by atoms with Crippen LogP contribution in [-0.2, 0) is 16.1 Å². The Hall–Kier alpha value is -4.10. The van der Waals surface area contributed by atoms with Gasteiger partial charge in [-0.3, -0.25) is 9.78 Å². The zero-order valence-corrected chi connectivity index (χ0v) is 17.7. The molecule has 0 spiro atoms. The van der Waals surface area contributed by atoms with Crippen LogP contribution in [0, 0.1) is 6.92 Å². The van der Waals surface area contributed by atoms with E-state index in [4.69, 9.17) is 4.74 Å². The minimum Gasteiger partial charge on any atom is -0.367 e. The summed E-state index contributed by atoms with van der Waals surface area (Å²) in [5, 5.41) is 6.10. The molecule has 0 unspecified atom stereocenters. The molecule has 2 heterocycles. The van der Waals surface area contributed by atoms with Crippen molar-refractivity contribution in [1.82, 2.24) is 15.0 Å². The van der Waals surface area contributed by atoms with Crippen molar-refractivity contribution >= 4 is 23.2 Å². The highest BCUT2D eigenvalue weighted by atomic mass is 16.5. The molecule has 2 aromatic heterocycles. The third-order valence-corrected chi connectivity index (χ3v) is 4.73. The lowest BCUT2D eigenvalue weighted by Gasteiger charge is -2.12. The van der Waals surface area contributed by atoms with Gasteiger partial charge in [-0.1, -0.05) is 36.4 Å². The van der Waals surface area contributed by atoms with E-state index in [1.807, 2.05) is 73.7 Å². The van der Waals surface area contributed by atoms with Crippen molar-refractivity contribution in [3.8, 4) is 11.3 Å². The molecule has 0 saturated carbocycles. The number of amides is 1. The first-order valence-corrected chi connectivity index (χ1v) is 10.2. The molecular formula is C25H23N5O2. The molecule has 0 aliphatic rings. The van der Waals surface area contributed by atoms with Crippen LogP contribution in [0.3, 0.4) is 0 Å². The van der Waals surface area contributed by atoms with Gasteiger partial charge in [0.25, 0.3) is 0 Å². The van der Waals surface area contributed by atoms with Gasteiger partial charge in [0.15, 0.2) is 0 Å². The number of nitrogens with one attached hydrogen (secondary N) is 2. The molecule has 0 fully saturated rings. The normalized spacial score (nSPS) is 10.5. The van der Waals surface area contributed by atoms with E-state index in [2.05, 4.69) is 25.6 Å². The van der Waals surface area contributed by atoms with E-state index in [0.29, 0.717) is 18.2 Å². The first-order chi connectivity index (χ1) is 15.7. The fourth-order valence-electron chi connectivity index (χ4n) is 3.08. The zero-order valence-electron chi connectivity index (χ0n) is 17.7. The van der Waals surface area contributed by atoms with Gasteiger partial charge in [0.05, 0.1) is 12.3 Å². The van der Waals surface area contributed by atoms with E-state index in [-0.39, 0.29) is 12.5 Å². The maximum atomic E-state index is 12.3. The molecule has 1 amide bonds. The standard InChI is InChI=1S/C25H23N5O2/c1-18-9-10-21(28-24(31)17-32-16-19-6-3-2-4-7-19)14-23(18)30-25-27-13-11-22(29-25)20-8-5-12-26-15-20/h2-15H,16-17H2,1H3,(H,28,31)(H,27,29,30). The Balaban J connectivity index is 1.39. The number of carbonyl (C=O) groups excluding carboxylic acids is 1. The van der Waals surface area contributed by atoms with Crippen molar-refractivity contribution in [2.45, 2.75) is 13.5 Å². The lowest BCUT2D eigenvalue weighted by Crippen LogP contribution is -2.18. The highest BCUT2D eigenvalue weighted by molar-refractivity contribution is 5.92. The number of nitrogens with zero attached hydrogens (tertiary/aromatic N) is 3. The SMILES string of the molecule is Cc1ccc(NC(=O)COCc2ccccc2)cc1Nc1nccc(-c2cccnc2)n1. The molecule has 7 heteroatoms. The van der Waals surface area contributed by atoms with E-state index in [9.17, 15) is 4.79 Å². The molecule has 0 radical (unpaired) electrons. The van der Waals surface area contributed by atoms with Crippen LogP contribution in [0.25, 0.3) is 11.3 Å². The Bertz CT molecular complexity index is 1180. The lowest BCUT2D eigenvalue weighted by atomic mass is 10.1. The number of anilines is 3. The number of hydrogen-bond donors (Lipinski definition) is 2. The molecule has 160 valence electrons. The van der Waals surface area contributed by atoms with Gasteiger partial charge in [0, 0.05) is 35.5 Å². The van der Waals surface area contributed by atoms with Crippen LogP contribution in [-0.4, -0.2) is 27.5 Å². The molecule has 0 aliphatic carbocycles. The van der Waals surface area contributed by atoms with Gasteiger partial charge >= 0.3 is 0 Å². The summed E-state index contributed by atoms with van der Waals surface area (Å²) in [4.78, 5) is 25.3. The second-order valence-corrected chi connectivity index (χ2v) is 7.19. The van der Waals surface area contributed by atoms with E-state index in [0.717, 1.165) is 28.1 Å². The number of carbonyl (C=O) groups is 1. The van der Waals surface area contributed by atoms with Crippen molar-refractivity contribution in [2.75, 3.05) is 17.2 Å². The number of aryl methyl sites for hydroxylation is 1.